The second kappa shape index (κ2) is 12.4. The van der Waals surface area contributed by atoms with E-state index in [1.54, 1.807) is 30.9 Å². The minimum atomic E-state index is 0.503. The Labute approximate surface area is 309 Å². The Morgan fingerprint density at radius 1 is 0.407 bits per heavy atom. The SMILES string of the molecule is N#Cc1cccc(-c2cc(-n3c4ccccc4c4cc(-c5ncccn5)ccc43)c(C#N)cc2-n2c3ccccc3c3cc(-c4ncccn4)ccc32)c1. The summed E-state index contributed by atoms with van der Waals surface area (Å²) in [6.07, 6.45) is 6.98. The van der Waals surface area contributed by atoms with Gasteiger partial charge in [-0.2, -0.15) is 10.5 Å². The summed E-state index contributed by atoms with van der Waals surface area (Å²) in [6, 6.07) is 49.2. The first kappa shape index (κ1) is 30.8. The van der Waals surface area contributed by atoms with Gasteiger partial charge in [-0.25, -0.2) is 19.9 Å². The number of benzene rings is 6. The van der Waals surface area contributed by atoms with Crippen molar-refractivity contribution in [2.24, 2.45) is 0 Å². The molecule has 0 saturated heterocycles. The molecule has 0 fully saturated rings. The van der Waals surface area contributed by atoms with Crippen LogP contribution in [0.1, 0.15) is 11.1 Å². The van der Waals surface area contributed by atoms with Crippen molar-refractivity contribution in [3.8, 4) is 57.4 Å². The van der Waals surface area contributed by atoms with Crippen molar-refractivity contribution < 1.29 is 0 Å². The van der Waals surface area contributed by atoms with Crippen LogP contribution in [0.2, 0.25) is 0 Å². The standard InChI is InChI=1S/C46H26N8/c47-27-29-8-5-9-30(22-29)36-26-43(53-39-12-3-1-10-34(39)37-23-31(14-16-41(37)53)45-49-18-6-19-50-45)33(28-48)25-44(36)54-40-13-4-2-11-35(40)38-24-32(15-17-42(38)54)46-51-20-7-21-52-46/h1-26H. The highest BCUT2D eigenvalue weighted by Crippen LogP contribution is 2.42. The van der Waals surface area contributed by atoms with Crippen LogP contribution in [0.4, 0.5) is 0 Å². The van der Waals surface area contributed by atoms with Crippen LogP contribution < -0.4 is 0 Å². The first-order valence-electron chi connectivity index (χ1n) is 17.4. The van der Waals surface area contributed by atoms with Crippen molar-refractivity contribution in [2.75, 3.05) is 0 Å². The Morgan fingerprint density at radius 2 is 0.944 bits per heavy atom. The highest BCUT2D eigenvalue weighted by Gasteiger charge is 2.22. The number of hydrogen-bond donors (Lipinski definition) is 0. The van der Waals surface area contributed by atoms with E-state index in [4.69, 9.17) is 0 Å². The Balaban J connectivity index is 1.28. The number of fused-ring (bicyclic) bond motifs is 6. The van der Waals surface area contributed by atoms with Gasteiger partial charge in [0.2, 0.25) is 0 Å². The van der Waals surface area contributed by atoms with Gasteiger partial charge >= 0.3 is 0 Å². The molecule has 0 N–H and O–H groups in total. The summed E-state index contributed by atoms with van der Waals surface area (Å²) in [5.74, 6) is 1.29. The average molecular weight is 691 g/mol. The highest BCUT2D eigenvalue weighted by atomic mass is 15.0. The Morgan fingerprint density at radius 3 is 1.50 bits per heavy atom. The van der Waals surface area contributed by atoms with E-state index in [1.165, 1.54) is 0 Å². The van der Waals surface area contributed by atoms with E-state index >= 15 is 0 Å². The molecule has 8 nitrogen and oxygen atoms in total. The maximum absolute atomic E-state index is 11.0. The summed E-state index contributed by atoms with van der Waals surface area (Å²) in [5, 5.41) is 25.1. The second-order valence-corrected chi connectivity index (χ2v) is 13.0. The predicted octanol–water partition coefficient (Wildman–Crippen LogP) is 10.2. The molecule has 0 aliphatic carbocycles. The molecule has 0 spiro atoms. The third kappa shape index (κ3) is 4.83. The molecule has 4 heterocycles. The zero-order valence-electron chi connectivity index (χ0n) is 28.6. The quantitative estimate of drug-likeness (QED) is 0.178. The van der Waals surface area contributed by atoms with Crippen molar-refractivity contribution >= 4 is 43.6 Å². The molecule has 8 heteroatoms. The number of aromatic nitrogens is 6. The Kier molecular flexibility index (Phi) is 7.07. The van der Waals surface area contributed by atoms with Gasteiger partial charge in [0.05, 0.1) is 50.6 Å². The topological polar surface area (TPSA) is 109 Å². The zero-order chi connectivity index (χ0) is 36.2. The van der Waals surface area contributed by atoms with Crippen LogP contribution in [0, 0.1) is 22.7 Å². The first-order valence-corrected chi connectivity index (χ1v) is 17.4. The predicted molar refractivity (Wildman–Crippen MR) is 212 cm³/mol. The minimum absolute atomic E-state index is 0.503. The van der Waals surface area contributed by atoms with Crippen LogP contribution in [0.5, 0.6) is 0 Å². The van der Waals surface area contributed by atoms with Crippen molar-refractivity contribution in [3.63, 3.8) is 0 Å². The largest absolute Gasteiger partial charge is 0.309 e. The molecule has 54 heavy (non-hydrogen) atoms. The first-order chi connectivity index (χ1) is 26.7. The minimum Gasteiger partial charge on any atom is -0.309 e. The summed E-state index contributed by atoms with van der Waals surface area (Å²) in [7, 11) is 0. The third-order valence-electron chi connectivity index (χ3n) is 10.0. The van der Waals surface area contributed by atoms with Crippen LogP contribution in [0.3, 0.4) is 0 Å². The molecule has 4 aromatic heterocycles. The number of nitrogens with zero attached hydrogens (tertiary/aromatic N) is 8. The molecule has 10 rings (SSSR count). The molecule has 6 aromatic carbocycles. The lowest BCUT2D eigenvalue weighted by molar-refractivity contribution is 1.13. The smallest absolute Gasteiger partial charge is 0.159 e. The van der Waals surface area contributed by atoms with Crippen molar-refractivity contribution in [2.45, 2.75) is 0 Å². The Hall–Kier alpha value is -7.94. The highest BCUT2D eigenvalue weighted by molar-refractivity contribution is 6.12. The lowest BCUT2D eigenvalue weighted by Gasteiger charge is -2.19. The average Bonchev–Trinajstić information content (AvgIpc) is 3.76. The molecular weight excluding hydrogens is 665 g/mol. The van der Waals surface area contributed by atoms with Gasteiger partial charge in [-0.3, -0.25) is 0 Å². The lowest BCUT2D eigenvalue weighted by Crippen LogP contribution is -2.04. The van der Waals surface area contributed by atoms with E-state index in [9.17, 15) is 10.5 Å². The van der Waals surface area contributed by atoms with Gasteiger partial charge in [0.25, 0.3) is 0 Å². The molecule has 0 radical (unpaired) electrons. The van der Waals surface area contributed by atoms with E-state index < -0.39 is 0 Å². The van der Waals surface area contributed by atoms with Crippen LogP contribution in [0.15, 0.2) is 158 Å². The molecule has 0 amide bonds. The van der Waals surface area contributed by atoms with Crippen LogP contribution >= 0.6 is 0 Å². The van der Waals surface area contributed by atoms with Gasteiger partial charge in [0.15, 0.2) is 11.6 Å². The number of hydrogen-bond acceptors (Lipinski definition) is 6. The molecule has 250 valence electrons. The maximum atomic E-state index is 11.0. The van der Waals surface area contributed by atoms with Gasteiger partial charge in [-0.05, 0) is 90.5 Å². The van der Waals surface area contributed by atoms with Crippen LogP contribution in [-0.2, 0) is 0 Å². The van der Waals surface area contributed by atoms with Gasteiger partial charge in [0, 0.05) is 63.0 Å². The van der Waals surface area contributed by atoms with Gasteiger partial charge in [-0.1, -0.05) is 48.5 Å². The monoisotopic (exact) mass is 690 g/mol. The van der Waals surface area contributed by atoms with Crippen LogP contribution in [-0.4, -0.2) is 29.1 Å². The van der Waals surface area contributed by atoms with E-state index in [1.807, 2.05) is 72.8 Å². The summed E-state index contributed by atoms with van der Waals surface area (Å²) in [6.45, 7) is 0. The molecule has 0 atom stereocenters. The summed E-state index contributed by atoms with van der Waals surface area (Å²) >= 11 is 0. The van der Waals surface area contributed by atoms with E-state index in [0.29, 0.717) is 22.8 Å². The molecule has 0 saturated carbocycles. The molecule has 0 unspecified atom stereocenters. The Bertz CT molecular complexity index is 3180. The van der Waals surface area contributed by atoms with Gasteiger partial charge in [0.1, 0.15) is 6.07 Å². The summed E-state index contributed by atoms with van der Waals surface area (Å²) < 4.78 is 4.38. The molecule has 10 aromatic rings. The van der Waals surface area contributed by atoms with Gasteiger partial charge < -0.3 is 9.13 Å². The van der Waals surface area contributed by atoms with Crippen molar-refractivity contribution in [1.29, 1.82) is 10.5 Å². The van der Waals surface area contributed by atoms with E-state index in [2.05, 4.69) is 95.8 Å². The van der Waals surface area contributed by atoms with Crippen molar-refractivity contribution in [3.05, 3.63) is 169 Å². The number of nitriles is 2. The number of rotatable bonds is 5. The lowest BCUT2D eigenvalue weighted by atomic mass is 9.98. The normalized spacial score (nSPS) is 11.3. The second-order valence-electron chi connectivity index (χ2n) is 13.0. The third-order valence-corrected chi connectivity index (χ3v) is 10.0. The molecule has 0 aliphatic heterocycles. The fourth-order valence-corrected chi connectivity index (χ4v) is 7.66. The summed E-state index contributed by atoms with van der Waals surface area (Å²) in [4.78, 5) is 18.0. The maximum Gasteiger partial charge on any atom is 0.159 e. The fraction of sp³-hybridized carbons (Fsp3) is 0. The molecule has 0 bridgehead atoms. The molecule has 0 aliphatic rings. The number of para-hydroxylation sites is 2. The van der Waals surface area contributed by atoms with Crippen molar-refractivity contribution in [1.82, 2.24) is 29.1 Å². The zero-order valence-corrected chi connectivity index (χ0v) is 28.6. The van der Waals surface area contributed by atoms with Gasteiger partial charge in [-0.15, -0.1) is 0 Å². The molecular formula is C46H26N8. The van der Waals surface area contributed by atoms with Crippen LogP contribution in [0.25, 0.3) is 88.9 Å². The van der Waals surface area contributed by atoms with E-state index in [-0.39, 0.29) is 0 Å². The van der Waals surface area contributed by atoms with E-state index in [0.717, 1.165) is 77.2 Å². The fourth-order valence-electron chi connectivity index (χ4n) is 7.66. The summed E-state index contributed by atoms with van der Waals surface area (Å²) in [5.41, 5.74) is 10.0.